The Kier molecular flexibility index (Phi) is 6.63. The third kappa shape index (κ3) is 5.64. The minimum absolute atomic E-state index is 0.366. The first kappa shape index (κ1) is 17.9. The summed E-state index contributed by atoms with van der Waals surface area (Å²) in [7, 11) is -5.75. The summed E-state index contributed by atoms with van der Waals surface area (Å²) < 4.78 is 62.0. The SMILES string of the molecule is CCCCCC(OOS(=O)(=O)C(F)(F)F)c1ccccc1. The van der Waals surface area contributed by atoms with E-state index in [-0.39, 0.29) is 0 Å². The van der Waals surface area contributed by atoms with Crippen LogP contribution >= 0.6 is 0 Å². The zero-order chi connectivity index (χ0) is 15.9. The van der Waals surface area contributed by atoms with Gasteiger partial charge in [0.2, 0.25) is 0 Å². The molecule has 0 aliphatic carbocycles. The number of hydrogen-bond acceptors (Lipinski definition) is 4. The van der Waals surface area contributed by atoms with Crippen molar-refractivity contribution in [3.63, 3.8) is 0 Å². The number of hydrogen-bond donors (Lipinski definition) is 0. The monoisotopic (exact) mass is 326 g/mol. The average molecular weight is 326 g/mol. The Labute approximate surface area is 121 Å². The van der Waals surface area contributed by atoms with Gasteiger partial charge in [-0.3, -0.25) is 0 Å². The second-order valence-corrected chi connectivity index (χ2v) is 5.97. The predicted octanol–water partition coefficient (Wildman–Crippen LogP) is 4.11. The predicted molar refractivity (Wildman–Crippen MR) is 70.5 cm³/mol. The number of alkyl halides is 3. The summed E-state index contributed by atoms with van der Waals surface area (Å²) in [6.45, 7) is 1.98. The van der Waals surface area contributed by atoms with Crippen LogP contribution in [0.4, 0.5) is 13.2 Å². The molecule has 1 aromatic carbocycles. The lowest BCUT2D eigenvalue weighted by molar-refractivity contribution is -0.254. The van der Waals surface area contributed by atoms with Crippen LogP contribution in [0.3, 0.4) is 0 Å². The maximum absolute atomic E-state index is 12.2. The van der Waals surface area contributed by atoms with Gasteiger partial charge in [-0.05, 0) is 12.0 Å². The second kappa shape index (κ2) is 7.77. The first-order valence-electron chi connectivity index (χ1n) is 6.49. The normalized spacial score (nSPS) is 14.1. The van der Waals surface area contributed by atoms with Crippen LogP contribution in [0.25, 0.3) is 0 Å². The highest BCUT2D eigenvalue weighted by molar-refractivity contribution is 7.87. The number of halogens is 3. The van der Waals surface area contributed by atoms with Gasteiger partial charge in [-0.2, -0.15) is 21.6 Å². The third-order valence-electron chi connectivity index (χ3n) is 2.77. The Balaban J connectivity index is 2.75. The van der Waals surface area contributed by atoms with Gasteiger partial charge in [-0.25, -0.2) is 4.89 Å². The van der Waals surface area contributed by atoms with Crippen LogP contribution in [0.1, 0.15) is 44.3 Å². The second-order valence-electron chi connectivity index (χ2n) is 4.46. The fourth-order valence-corrected chi connectivity index (χ4v) is 1.93. The number of unbranched alkanes of at least 4 members (excludes halogenated alkanes) is 2. The molecule has 0 amide bonds. The average Bonchev–Trinajstić information content (AvgIpc) is 2.42. The van der Waals surface area contributed by atoms with E-state index >= 15 is 0 Å². The van der Waals surface area contributed by atoms with Gasteiger partial charge < -0.3 is 0 Å². The maximum atomic E-state index is 12.2. The minimum atomic E-state index is -5.75. The highest BCUT2D eigenvalue weighted by Crippen LogP contribution is 2.29. The Morgan fingerprint density at radius 3 is 2.29 bits per heavy atom. The van der Waals surface area contributed by atoms with Crippen LogP contribution in [-0.4, -0.2) is 13.9 Å². The van der Waals surface area contributed by atoms with Gasteiger partial charge in [0.15, 0.2) is 0 Å². The molecule has 0 aromatic heterocycles. The van der Waals surface area contributed by atoms with Crippen molar-refractivity contribution < 1.29 is 30.8 Å². The van der Waals surface area contributed by atoms with E-state index in [1.54, 1.807) is 30.3 Å². The van der Waals surface area contributed by atoms with Gasteiger partial charge in [0.25, 0.3) is 0 Å². The number of rotatable bonds is 8. The van der Waals surface area contributed by atoms with E-state index in [4.69, 9.17) is 0 Å². The molecule has 0 fully saturated rings. The van der Waals surface area contributed by atoms with Crippen LogP contribution < -0.4 is 0 Å². The first-order valence-corrected chi connectivity index (χ1v) is 7.90. The van der Waals surface area contributed by atoms with Crippen LogP contribution in [0, 0.1) is 0 Å². The van der Waals surface area contributed by atoms with Crippen molar-refractivity contribution in [3.05, 3.63) is 35.9 Å². The lowest BCUT2D eigenvalue weighted by Crippen LogP contribution is -2.26. The zero-order valence-electron chi connectivity index (χ0n) is 11.5. The molecule has 0 aliphatic rings. The van der Waals surface area contributed by atoms with Crippen LogP contribution in [0.5, 0.6) is 0 Å². The molecule has 0 radical (unpaired) electrons. The molecule has 0 saturated heterocycles. The fourth-order valence-electron chi connectivity index (χ4n) is 1.66. The molecule has 0 bridgehead atoms. The Bertz CT molecular complexity index is 514. The van der Waals surface area contributed by atoms with Crippen molar-refractivity contribution in [1.82, 2.24) is 0 Å². The Morgan fingerprint density at radius 2 is 1.76 bits per heavy atom. The van der Waals surface area contributed by atoms with E-state index in [2.05, 4.69) is 9.22 Å². The van der Waals surface area contributed by atoms with Crippen molar-refractivity contribution in [1.29, 1.82) is 0 Å². The molecule has 1 rings (SSSR count). The van der Waals surface area contributed by atoms with Crippen molar-refractivity contribution in [2.45, 2.75) is 44.2 Å². The van der Waals surface area contributed by atoms with Crippen molar-refractivity contribution in [2.75, 3.05) is 0 Å². The van der Waals surface area contributed by atoms with Crippen molar-refractivity contribution in [2.24, 2.45) is 0 Å². The molecule has 4 nitrogen and oxygen atoms in total. The molecule has 21 heavy (non-hydrogen) atoms. The molecular formula is C13H17F3O4S. The number of benzene rings is 1. The molecule has 0 saturated carbocycles. The van der Waals surface area contributed by atoms with Crippen LogP contribution in [-0.2, 0) is 19.3 Å². The summed E-state index contributed by atoms with van der Waals surface area (Å²) in [5.74, 6) is 0. The zero-order valence-corrected chi connectivity index (χ0v) is 12.3. The maximum Gasteiger partial charge on any atom is 0.525 e. The van der Waals surface area contributed by atoms with E-state index in [9.17, 15) is 21.6 Å². The van der Waals surface area contributed by atoms with Gasteiger partial charge in [0.1, 0.15) is 6.10 Å². The summed E-state index contributed by atoms with van der Waals surface area (Å²) in [5.41, 5.74) is -4.94. The summed E-state index contributed by atoms with van der Waals surface area (Å²) in [6, 6.07) is 8.38. The molecular weight excluding hydrogens is 309 g/mol. The molecule has 0 spiro atoms. The molecule has 1 atom stereocenters. The lowest BCUT2D eigenvalue weighted by Gasteiger charge is -2.17. The largest absolute Gasteiger partial charge is 0.525 e. The molecule has 1 unspecified atom stereocenters. The minimum Gasteiger partial charge on any atom is -0.211 e. The van der Waals surface area contributed by atoms with Gasteiger partial charge in [0.05, 0.1) is 0 Å². The molecule has 0 N–H and O–H groups in total. The molecule has 0 heterocycles. The lowest BCUT2D eigenvalue weighted by atomic mass is 10.0. The Hall–Kier alpha value is -1.12. The highest BCUT2D eigenvalue weighted by Gasteiger charge is 2.48. The summed E-state index contributed by atoms with van der Waals surface area (Å²) >= 11 is 0. The van der Waals surface area contributed by atoms with Gasteiger partial charge in [-0.15, -0.1) is 0 Å². The van der Waals surface area contributed by atoms with E-state index in [1.807, 2.05) is 6.92 Å². The standard InChI is InChI=1S/C13H17F3O4S/c1-2-3-5-10-12(11-8-6-4-7-9-11)19-20-21(17,18)13(14,15)16/h4,6-9,12H,2-3,5,10H2,1H3. The Morgan fingerprint density at radius 1 is 1.14 bits per heavy atom. The van der Waals surface area contributed by atoms with Crippen molar-refractivity contribution in [3.8, 4) is 0 Å². The summed E-state index contributed by atoms with van der Waals surface area (Å²) in [6.07, 6.45) is 1.97. The summed E-state index contributed by atoms with van der Waals surface area (Å²) in [5, 5.41) is 0. The molecule has 8 heteroatoms. The van der Waals surface area contributed by atoms with Crippen LogP contribution in [0.2, 0.25) is 0 Å². The van der Waals surface area contributed by atoms with Gasteiger partial charge in [-0.1, -0.05) is 60.9 Å². The van der Waals surface area contributed by atoms with Crippen molar-refractivity contribution >= 4 is 10.1 Å². The van der Waals surface area contributed by atoms with Gasteiger partial charge >= 0.3 is 15.6 Å². The smallest absolute Gasteiger partial charge is 0.211 e. The summed E-state index contributed by atoms with van der Waals surface area (Å²) in [4.78, 5) is 4.56. The van der Waals surface area contributed by atoms with E-state index in [1.165, 1.54) is 0 Å². The quantitative estimate of drug-likeness (QED) is 0.312. The van der Waals surface area contributed by atoms with E-state index in [0.29, 0.717) is 18.4 Å². The van der Waals surface area contributed by atoms with Crippen LogP contribution in [0.15, 0.2) is 30.3 Å². The van der Waals surface area contributed by atoms with E-state index in [0.717, 1.165) is 12.8 Å². The van der Waals surface area contributed by atoms with E-state index < -0.39 is 21.7 Å². The first-order chi connectivity index (χ1) is 9.78. The highest BCUT2D eigenvalue weighted by atomic mass is 32.2. The topological polar surface area (TPSA) is 52.6 Å². The molecule has 120 valence electrons. The fraction of sp³-hybridized carbons (Fsp3) is 0.538. The molecule has 1 aromatic rings. The third-order valence-corrected chi connectivity index (χ3v) is 3.59. The molecule has 0 aliphatic heterocycles. The van der Waals surface area contributed by atoms with Gasteiger partial charge in [0, 0.05) is 0 Å².